The molecule has 3 aromatic rings. The van der Waals surface area contributed by atoms with Gasteiger partial charge in [0, 0.05) is 13.0 Å². The monoisotopic (exact) mass is 312 g/mol. The molecular formula is C16H16N4O3. The van der Waals surface area contributed by atoms with Gasteiger partial charge in [-0.3, -0.25) is 9.59 Å². The number of rotatable bonds is 6. The third kappa shape index (κ3) is 3.76. The minimum atomic E-state index is -0.333. The summed E-state index contributed by atoms with van der Waals surface area (Å²) in [5.74, 6) is 0.428. The standard InChI is InChI=1S/C16H16N4O3/c21-15(7-8-17-16(22)13-6-3-9-23-13)18-10-14-19-11-4-1-2-5-12(11)20-14/h1-6,9H,7-8,10H2,(H,17,22)(H,18,21)(H,19,20). The molecule has 0 spiro atoms. The number of aromatic nitrogens is 2. The van der Waals surface area contributed by atoms with Gasteiger partial charge < -0.3 is 20.0 Å². The largest absolute Gasteiger partial charge is 0.459 e. The molecule has 0 bridgehead atoms. The van der Waals surface area contributed by atoms with Gasteiger partial charge in [-0.15, -0.1) is 0 Å². The average Bonchev–Trinajstić information content (AvgIpc) is 3.21. The van der Waals surface area contributed by atoms with E-state index in [1.165, 1.54) is 6.26 Å². The van der Waals surface area contributed by atoms with Crippen LogP contribution in [-0.4, -0.2) is 28.3 Å². The van der Waals surface area contributed by atoms with Gasteiger partial charge in [-0.2, -0.15) is 0 Å². The molecule has 23 heavy (non-hydrogen) atoms. The van der Waals surface area contributed by atoms with E-state index >= 15 is 0 Å². The maximum atomic E-state index is 11.8. The number of aromatic amines is 1. The number of nitrogens with zero attached hydrogens (tertiary/aromatic N) is 1. The van der Waals surface area contributed by atoms with Crippen molar-refractivity contribution in [1.29, 1.82) is 0 Å². The lowest BCUT2D eigenvalue weighted by Gasteiger charge is -2.04. The first kappa shape index (κ1) is 14.8. The molecule has 2 amide bonds. The van der Waals surface area contributed by atoms with E-state index < -0.39 is 0 Å². The second-order valence-corrected chi connectivity index (χ2v) is 4.96. The molecule has 2 aromatic heterocycles. The number of imidazole rings is 1. The molecule has 0 saturated carbocycles. The third-order valence-electron chi connectivity index (χ3n) is 3.27. The zero-order chi connectivity index (χ0) is 16.1. The summed E-state index contributed by atoms with van der Waals surface area (Å²) in [4.78, 5) is 30.9. The normalized spacial score (nSPS) is 10.6. The lowest BCUT2D eigenvalue weighted by molar-refractivity contribution is -0.121. The van der Waals surface area contributed by atoms with E-state index in [1.54, 1.807) is 12.1 Å². The van der Waals surface area contributed by atoms with Crippen LogP contribution in [0, 0.1) is 0 Å². The van der Waals surface area contributed by atoms with Gasteiger partial charge in [-0.05, 0) is 24.3 Å². The van der Waals surface area contributed by atoms with Crippen LogP contribution in [0.2, 0.25) is 0 Å². The fraction of sp³-hybridized carbons (Fsp3) is 0.188. The van der Waals surface area contributed by atoms with Gasteiger partial charge >= 0.3 is 0 Å². The predicted molar refractivity (Wildman–Crippen MR) is 83.6 cm³/mol. The number of benzene rings is 1. The average molecular weight is 312 g/mol. The molecule has 0 aliphatic carbocycles. The van der Waals surface area contributed by atoms with Gasteiger partial charge in [0.2, 0.25) is 5.91 Å². The summed E-state index contributed by atoms with van der Waals surface area (Å²) in [6.45, 7) is 0.561. The van der Waals surface area contributed by atoms with Crippen LogP contribution in [0.4, 0.5) is 0 Å². The Kier molecular flexibility index (Phi) is 4.37. The first-order valence-corrected chi connectivity index (χ1v) is 7.24. The fourth-order valence-electron chi connectivity index (χ4n) is 2.14. The van der Waals surface area contributed by atoms with Crippen molar-refractivity contribution >= 4 is 22.8 Å². The highest BCUT2D eigenvalue weighted by atomic mass is 16.3. The van der Waals surface area contributed by atoms with Crippen LogP contribution >= 0.6 is 0 Å². The highest BCUT2D eigenvalue weighted by molar-refractivity contribution is 5.91. The molecule has 0 aliphatic heterocycles. The summed E-state index contributed by atoms with van der Waals surface area (Å²) in [6.07, 6.45) is 1.61. The lowest BCUT2D eigenvalue weighted by Crippen LogP contribution is -2.30. The minimum absolute atomic E-state index is 0.162. The van der Waals surface area contributed by atoms with Gasteiger partial charge in [0.05, 0.1) is 23.8 Å². The Labute approximate surface area is 132 Å². The molecule has 3 rings (SSSR count). The summed E-state index contributed by atoms with van der Waals surface area (Å²) >= 11 is 0. The highest BCUT2D eigenvalue weighted by Gasteiger charge is 2.09. The number of hydrogen-bond acceptors (Lipinski definition) is 4. The Morgan fingerprint density at radius 3 is 2.78 bits per heavy atom. The molecule has 7 heteroatoms. The highest BCUT2D eigenvalue weighted by Crippen LogP contribution is 2.09. The molecular weight excluding hydrogens is 296 g/mol. The van der Waals surface area contributed by atoms with Crippen LogP contribution in [0.1, 0.15) is 22.8 Å². The van der Waals surface area contributed by atoms with Crippen molar-refractivity contribution < 1.29 is 14.0 Å². The SMILES string of the molecule is O=C(CCNC(=O)c1ccco1)NCc1nc2ccccc2[nH]1. The van der Waals surface area contributed by atoms with Crippen molar-refractivity contribution in [3.8, 4) is 0 Å². The molecule has 0 radical (unpaired) electrons. The second kappa shape index (κ2) is 6.78. The van der Waals surface area contributed by atoms with Crippen LogP contribution in [0.15, 0.2) is 47.1 Å². The number of hydrogen-bond donors (Lipinski definition) is 3. The number of H-pyrrole nitrogens is 1. The van der Waals surface area contributed by atoms with Crippen molar-refractivity contribution in [3.05, 3.63) is 54.2 Å². The first-order valence-electron chi connectivity index (χ1n) is 7.24. The van der Waals surface area contributed by atoms with E-state index in [-0.39, 0.29) is 30.5 Å². The van der Waals surface area contributed by atoms with E-state index in [0.717, 1.165) is 11.0 Å². The summed E-state index contributed by atoms with van der Waals surface area (Å²) in [5.41, 5.74) is 1.80. The molecule has 0 aliphatic rings. The number of nitrogens with one attached hydrogen (secondary N) is 3. The Morgan fingerprint density at radius 1 is 1.13 bits per heavy atom. The Bertz CT molecular complexity index is 775. The predicted octanol–water partition coefficient (Wildman–Crippen LogP) is 1.59. The van der Waals surface area contributed by atoms with Crippen molar-refractivity contribution in [1.82, 2.24) is 20.6 Å². The summed E-state index contributed by atoms with van der Waals surface area (Å²) in [5, 5.41) is 5.38. The van der Waals surface area contributed by atoms with Gasteiger partial charge in [-0.1, -0.05) is 12.1 Å². The first-order chi connectivity index (χ1) is 11.2. The van der Waals surface area contributed by atoms with Crippen molar-refractivity contribution in [2.75, 3.05) is 6.54 Å². The van der Waals surface area contributed by atoms with Crippen LogP contribution in [0.5, 0.6) is 0 Å². The zero-order valence-corrected chi connectivity index (χ0v) is 12.3. The molecule has 0 unspecified atom stereocenters. The molecule has 0 saturated heterocycles. The summed E-state index contributed by atoms with van der Waals surface area (Å²) in [6, 6.07) is 10.9. The van der Waals surface area contributed by atoms with Crippen LogP contribution in [0.25, 0.3) is 11.0 Å². The number of carbonyl (C=O) groups excluding carboxylic acids is 2. The smallest absolute Gasteiger partial charge is 0.286 e. The molecule has 7 nitrogen and oxygen atoms in total. The van der Waals surface area contributed by atoms with Gasteiger partial charge in [0.25, 0.3) is 5.91 Å². The van der Waals surface area contributed by atoms with E-state index in [4.69, 9.17) is 4.42 Å². The maximum absolute atomic E-state index is 11.8. The fourth-order valence-corrected chi connectivity index (χ4v) is 2.14. The van der Waals surface area contributed by atoms with Gasteiger partial charge in [0.15, 0.2) is 5.76 Å². The zero-order valence-electron chi connectivity index (χ0n) is 12.3. The molecule has 118 valence electrons. The van der Waals surface area contributed by atoms with Crippen molar-refractivity contribution in [3.63, 3.8) is 0 Å². The van der Waals surface area contributed by atoms with E-state index in [9.17, 15) is 9.59 Å². The lowest BCUT2D eigenvalue weighted by atomic mass is 10.3. The maximum Gasteiger partial charge on any atom is 0.286 e. The van der Waals surface area contributed by atoms with E-state index in [0.29, 0.717) is 12.4 Å². The molecule has 0 fully saturated rings. The Hall–Kier alpha value is -3.09. The Balaban J connectivity index is 1.42. The molecule has 1 aromatic carbocycles. The van der Waals surface area contributed by atoms with E-state index in [2.05, 4.69) is 20.6 Å². The van der Waals surface area contributed by atoms with Crippen molar-refractivity contribution in [2.24, 2.45) is 0 Å². The van der Waals surface area contributed by atoms with Crippen LogP contribution < -0.4 is 10.6 Å². The summed E-state index contributed by atoms with van der Waals surface area (Å²) < 4.78 is 4.96. The number of fused-ring (bicyclic) bond motifs is 1. The van der Waals surface area contributed by atoms with Crippen LogP contribution in [-0.2, 0) is 11.3 Å². The third-order valence-corrected chi connectivity index (χ3v) is 3.27. The number of amides is 2. The van der Waals surface area contributed by atoms with E-state index in [1.807, 2.05) is 24.3 Å². The second-order valence-electron chi connectivity index (χ2n) is 4.96. The van der Waals surface area contributed by atoms with Crippen molar-refractivity contribution in [2.45, 2.75) is 13.0 Å². The van der Waals surface area contributed by atoms with Crippen LogP contribution in [0.3, 0.4) is 0 Å². The van der Waals surface area contributed by atoms with Gasteiger partial charge in [0.1, 0.15) is 5.82 Å². The quantitative estimate of drug-likeness (QED) is 0.643. The number of para-hydroxylation sites is 2. The summed E-state index contributed by atoms with van der Waals surface area (Å²) in [7, 11) is 0. The Morgan fingerprint density at radius 2 is 2.00 bits per heavy atom. The topological polar surface area (TPSA) is 100 Å². The number of furan rings is 1. The minimum Gasteiger partial charge on any atom is -0.459 e. The molecule has 2 heterocycles. The molecule has 0 atom stereocenters. The number of carbonyl (C=O) groups is 2. The molecule has 3 N–H and O–H groups in total. The van der Waals surface area contributed by atoms with Gasteiger partial charge in [-0.25, -0.2) is 4.98 Å².